The van der Waals surface area contributed by atoms with E-state index in [-0.39, 0.29) is 0 Å². The van der Waals surface area contributed by atoms with Gasteiger partial charge in [-0.25, -0.2) is 4.98 Å². The Morgan fingerprint density at radius 3 is 2.69 bits per heavy atom. The third-order valence-electron chi connectivity index (χ3n) is 3.01. The summed E-state index contributed by atoms with van der Waals surface area (Å²) in [7, 11) is 0. The Balaban J connectivity index is 1.99. The summed E-state index contributed by atoms with van der Waals surface area (Å²) < 4.78 is 0. The first-order chi connectivity index (χ1) is 7.85. The van der Waals surface area contributed by atoms with Crippen LogP contribution in [0.2, 0.25) is 0 Å². The molecule has 0 aromatic carbocycles. The summed E-state index contributed by atoms with van der Waals surface area (Å²) in [5, 5.41) is 3.31. The summed E-state index contributed by atoms with van der Waals surface area (Å²) in [6.07, 6.45) is 4.65. The number of hydrogen-bond acceptors (Lipinski definition) is 3. The van der Waals surface area contributed by atoms with E-state index in [1.165, 1.54) is 18.4 Å². The van der Waals surface area contributed by atoms with E-state index in [1.54, 1.807) is 0 Å². The van der Waals surface area contributed by atoms with Gasteiger partial charge in [-0.3, -0.25) is 0 Å². The lowest BCUT2D eigenvalue weighted by Gasteiger charge is -2.21. The maximum Gasteiger partial charge on any atom is 0.128 e. The van der Waals surface area contributed by atoms with Crippen LogP contribution in [0.3, 0.4) is 0 Å². The zero-order valence-corrected chi connectivity index (χ0v) is 10.2. The van der Waals surface area contributed by atoms with Gasteiger partial charge in [-0.2, -0.15) is 0 Å². The molecule has 0 unspecified atom stereocenters. The Kier molecular flexibility index (Phi) is 3.78. The minimum atomic E-state index is 0.747. The highest BCUT2D eigenvalue weighted by Gasteiger charge is 2.28. The van der Waals surface area contributed by atoms with Gasteiger partial charge < -0.3 is 10.2 Å². The molecule has 0 amide bonds. The SMILES string of the molecule is CCNCc1ccc(N(CC)C2CC2)nc1. The Bertz CT molecular complexity index is 316. The lowest BCUT2D eigenvalue weighted by atomic mass is 10.2. The summed E-state index contributed by atoms with van der Waals surface area (Å²) in [5.74, 6) is 1.13. The Morgan fingerprint density at radius 2 is 2.19 bits per heavy atom. The van der Waals surface area contributed by atoms with Gasteiger partial charge in [0.05, 0.1) is 0 Å². The van der Waals surface area contributed by atoms with E-state index < -0.39 is 0 Å². The monoisotopic (exact) mass is 219 g/mol. The van der Waals surface area contributed by atoms with E-state index in [0.29, 0.717) is 0 Å². The molecule has 0 radical (unpaired) electrons. The van der Waals surface area contributed by atoms with Crippen LogP contribution in [0.25, 0.3) is 0 Å². The van der Waals surface area contributed by atoms with Crippen molar-refractivity contribution in [1.29, 1.82) is 0 Å². The van der Waals surface area contributed by atoms with Crippen LogP contribution < -0.4 is 10.2 Å². The second kappa shape index (κ2) is 5.30. The van der Waals surface area contributed by atoms with Crippen molar-refractivity contribution in [2.75, 3.05) is 18.0 Å². The topological polar surface area (TPSA) is 28.2 Å². The molecule has 16 heavy (non-hydrogen) atoms. The highest BCUT2D eigenvalue weighted by atomic mass is 15.2. The van der Waals surface area contributed by atoms with E-state index in [9.17, 15) is 0 Å². The van der Waals surface area contributed by atoms with Crippen molar-refractivity contribution in [2.24, 2.45) is 0 Å². The molecular formula is C13H21N3. The highest BCUT2D eigenvalue weighted by molar-refractivity contribution is 5.41. The summed E-state index contributed by atoms with van der Waals surface area (Å²) >= 11 is 0. The lowest BCUT2D eigenvalue weighted by molar-refractivity contribution is 0.723. The van der Waals surface area contributed by atoms with Gasteiger partial charge in [-0.05, 0) is 37.9 Å². The molecule has 1 aromatic rings. The molecule has 1 heterocycles. The normalized spacial score (nSPS) is 15.1. The molecule has 1 aliphatic rings. The van der Waals surface area contributed by atoms with Crippen LogP contribution in [0.5, 0.6) is 0 Å². The van der Waals surface area contributed by atoms with Crippen LogP contribution in [-0.2, 0) is 6.54 Å². The molecule has 3 heteroatoms. The van der Waals surface area contributed by atoms with Gasteiger partial charge in [-0.1, -0.05) is 13.0 Å². The van der Waals surface area contributed by atoms with Crippen LogP contribution in [0.4, 0.5) is 5.82 Å². The number of nitrogens with one attached hydrogen (secondary N) is 1. The maximum absolute atomic E-state index is 4.55. The molecule has 0 saturated heterocycles. The molecular weight excluding hydrogens is 198 g/mol. The van der Waals surface area contributed by atoms with Gasteiger partial charge in [0.25, 0.3) is 0 Å². The zero-order valence-electron chi connectivity index (χ0n) is 10.2. The summed E-state index contributed by atoms with van der Waals surface area (Å²) in [4.78, 5) is 6.95. The van der Waals surface area contributed by atoms with Crippen LogP contribution in [-0.4, -0.2) is 24.1 Å². The maximum atomic E-state index is 4.55. The molecule has 0 aliphatic heterocycles. The first-order valence-corrected chi connectivity index (χ1v) is 6.27. The highest BCUT2D eigenvalue weighted by Crippen LogP contribution is 2.30. The van der Waals surface area contributed by atoms with E-state index in [0.717, 1.165) is 31.5 Å². The number of anilines is 1. The van der Waals surface area contributed by atoms with Gasteiger partial charge in [0.2, 0.25) is 0 Å². The molecule has 2 rings (SSSR count). The Labute approximate surface area is 97.9 Å². The zero-order chi connectivity index (χ0) is 11.4. The molecule has 0 spiro atoms. The molecule has 1 N–H and O–H groups in total. The molecule has 0 atom stereocenters. The van der Waals surface area contributed by atoms with Crippen LogP contribution in [0.15, 0.2) is 18.3 Å². The molecule has 0 bridgehead atoms. The smallest absolute Gasteiger partial charge is 0.128 e. The van der Waals surface area contributed by atoms with Crippen LogP contribution in [0.1, 0.15) is 32.3 Å². The molecule has 1 aromatic heterocycles. The van der Waals surface area contributed by atoms with Gasteiger partial charge in [0.15, 0.2) is 0 Å². The minimum Gasteiger partial charge on any atom is -0.354 e. The number of pyridine rings is 1. The first kappa shape index (κ1) is 11.4. The second-order valence-electron chi connectivity index (χ2n) is 4.32. The fraction of sp³-hybridized carbons (Fsp3) is 0.615. The van der Waals surface area contributed by atoms with Crippen molar-refractivity contribution in [2.45, 2.75) is 39.3 Å². The van der Waals surface area contributed by atoms with Crippen molar-refractivity contribution in [3.05, 3.63) is 23.9 Å². The fourth-order valence-corrected chi connectivity index (χ4v) is 1.95. The number of hydrogen-bond donors (Lipinski definition) is 1. The summed E-state index contributed by atoms with van der Waals surface area (Å²) in [6, 6.07) is 5.07. The summed E-state index contributed by atoms with van der Waals surface area (Å²) in [5.41, 5.74) is 1.26. The number of nitrogens with zero attached hydrogens (tertiary/aromatic N) is 2. The third kappa shape index (κ3) is 2.73. The number of rotatable bonds is 6. The molecule has 1 fully saturated rings. The second-order valence-corrected chi connectivity index (χ2v) is 4.32. The molecule has 88 valence electrons. The van der Waals surface area contributed by atoms with Gasteiger partial charge in [-0.15, -0.1) is 0 Å². The Morgan fingerprint density at radius 1 is 1.38 bits per heavy atom. The van der Waals surface area contributed by atoms with Crippen LogP contribution in [0, 0.1) is 0 Å². The van der Waals surface area contributed by atoms with Gasteiger partial charge in [0, 0.05) is 25.3 Å². The van der Waals surface area contributed by atoms with E-state index >= 15 is 0 Å². The standard InChI is InChI=1S/C13H21N3/c1-3-14-9-11-5-8-13(15-10-11)16(4-2)12-6-7-12/h5,8,10,12,14H,3-4,6-7,9H2,1-2H3. The lowest BCUT2D eigenvalue weighted by Crippen LogP contribution is -2.26. The molecule has 1 saturated carbocycles. The van der Waals surface area contributed by atoms with E-state index in [2.05, 4.69) is 41.2 Å². The summed E-state index contributed by atoms with van der Waals surface area (Å²) in [6.45, 7) is 7.30. The van der Waals surface area contributed by atoms with Crippen molar-refractivity contribution in [1.82, 2.24) is 10.3 Å². The fourth-order valence-electron chi connectivity index (χ4n) is 1.95. The third-order valence-corrected chi connectivity index (χ3v) is 3.01. The average molecular weight is 219 g/mol. The Hall–Kier alpha value is -1.09. The van der Waals surface area contributed by atoms with E-state index in [4.69, 9.17) is 0 Å². The quantitative estimate of drug-likeness (QED) is 0.795. The molecule has 3 nitrogen and oxygen atoms in total. The predicted molar refractivity (Wildman–Crippen MR) is 67.7 cm³/mol. The van der Waals surface area contributed by atoms with Crippen molar-refractivity contribution in [3.63, 3.8) is 0 Å². The van der Waals surface area contributed by atoms with Crippen molar-refractivity contribution < 1.29 is 0 Å². The van der Waals surface area contributed by atoms with Gasteiger partial charge >= 0.3 is 0 Å². The molecule has 1 aliphatic carbocycles. The minimum absolute atomic E-state index is 0.747. The largest absolute Gasteiger partial charge is 0.354 e. The average Bonchev–Trinajstić information content (AvgIpc) is 3.13. The van der Waals surface area contributed by atoms with Gasteiger partial charge in [0.1, 0.15) is 5.82 Å². The van der Waals surface area contributed by atoms with E-state index in [1.807, 2.05) is 6.20 Å². The number of aromatic nitrogens is 1. The first-order valence-electron chi connectivity index (χ1n) is 6.27. The van der Waals surface area contributed by atoms with Crippen LogP contribution >= 0.6 is 0 Å². The van der Waals surface area contributed by atoms with Crippen molar-refractivity contribution in [3.8, 4) is 0 Å². The predicted octanol–water partition coefficient (Wildman–Crippen LogP) is 2.18. The van der Waals surface area contributed by atoms with Crippen molar-refractivity contribution >= 4 is 5.82 Å².